The molecule has 1 heterocycles. The van der Waals surface area contributed by atoms with Crippen LogP contribution in [-0.4, -0.2) is 55.0 Å². The highest BCUT2D eigenvalue weighted by Gasteiger charge is 2.27. The number of aromatic nitrogens is 1. The van der Waals surface area contributed by atoms with Crippen molar-refractivity contribution in [2.45, 2.75) is 26.1 Å². The van der Waals surface area contributed by atoms with Crippen molar-refractivity contribution in [3.63, 3.8) is 0 Å². The fraction of sp³-hybridized carbons (Fsp3) is 0.667. The summed E-state index contributed by atoms with van der Waals surface area (Å²) < 4.78 is 42.4. The number of alkyl halides is 3. The lowest BCUT2D eigenvalue weighted by atomic mass is 10.4. The van der Waals surface area contributed by atoms with Crippen LogP contribution >= 0.6 is 11.6 Å². The first kappa shape index (κ1) is 20.6. The molecule has 0 aliphatic heterocycles. The molecule has 0 fully saturated rings. The van der Waals surface area contributed by atoms with Gasteiger partial charge in [0.25, 0.3) is 0 Å². The number of aryl methyl sites for hydroxylation is 1. The van der Waals surface area contributed by atoms with Crippen LogP contribution in [0.1, 0.15) is 19.0 Å². The van der Waals surface area contributed by atoms with Gasteiger partial charge in [-0.25, -0.2) is 0 Å². The van der Waals surface area contributed by atoms with Crippen LogP contribution in [0.2, 0.25) is 5.02 Å². The molecule has 24 heavy (non-hydrogen) atoms. The lowest BCUT2D eigenvalue weighted by molar-refractivity contribution is -0.173. The standard InChI is InChI=1S/C15H24ClF3N4O/c1-4-20-14(21-6-5-7-24-11-15(17,18)19)23(3)10-13-8-12(16)9-22(13)2/h8-9H,4-7,10-11H2,1-3H3,(H,20,21). The molecule has 0 aromatic carbocycles. The van der Waals surface area contributed by atoms with Crippen molar-refractivity contribution in [1.29, 1.82) is 0 Å². The minimum Gasteiger partial charge on any atom is -0.372 e. The molecular formula is C15H24ClF3N4O. The van der Waals surface area contributed by atoms with Gasteiger partial charge in [0.15, 0.2) is 5.96 Å². The van der Waals surface area contributed by atoms with E-state index in [9.17, 15) is 13.2 Å². The summed E-state index contributed by atoms with van der Waals surface area (Å²) in [5.41, 5.74) is 1.03. The van der Waals surface area contributed by atoms with Crippen molar-refractivity contribution in [1.82, 2.24) is 14.8 Å². The monoisotopic (exact) mass is 368 g/mol. The molecule has 0 saturated heterocycles. The number of ether oxygens (including phenoxy) is 1. The molecule has 1 aromatic heterocycles. The third-order valence-corrected chi connectivity index (χ3v) is 3.35. The highest BCUT2D eigenvalue weighted by Crippen LogP contribution is 2.15. The van der Waals surface area contributed by atoms with Gasteiger partial charge in [0.1, 0.15) is 6.61 Å². The Labute approximate surface area is 145 Å². The molecule has 1 N–H and O–H groups in total. The van der Waals surface area contributed by atoms with Crippen LogP contribution in [-0.2, 0) is 18.3 Å². The largest absolute Gasteiger partial charge is 0.411 e. The Bertz CT molecular complexity index is 531. The quantitative estimate of drug-likeness (QED) is 0.435. The number of rotatable bonds is 8. The summed E-state index contributed by atoms with van der Waals surface area (Å²) in [7, 11) is 3.81. The van der Waals surface area contributed by atoms with E-state index in [0.717, 1.165) is 5.69 Å². The fourth-order valence-electron chi connectivity index (χ4n) is 2.05. The Morgan fingerprint density at radius 1 is 1.46 bits per heavy atom. The molecule has 0 aliphatic rings. The van der Waals surface area contributed by atoms with Crippen LogP contribution in [0.5, 0.6) is 0 Å². The topological polar surface area (TPSA) is 41.8 Å². The number of aliphatic imine (C=N–C) groups is 1. The Balaban J connectivity index is 2.47. The molecule has 0 spiro atoms. The van der Waals surface area contributed by atoms with Gasteiger partial charge in [-0.05, 0) is 19.4 Å². The van der Waals surface area contributed by atoms with Gasteiger partial charge in [0.05, 0.1) is 11.6 Å². The molecule has 0 atom stereocenters. The summed E-state index contributed by atoms with van der Waals surface area (Å²) in [6, 6.07) is 1.88. The molecular weight excluding hydrogens is 345 g/mol. The minimum atomic E-state index is -4.28. The van der Waals surface area contributed by atoms with E-state index < -0.39 is 12.8 Å². The molecule has 138 valence electrons. The lowest BCUT2D eigenvalue weighted by Crippen LogP contribution is -2.39. The smallest absolute Gasteiger partial charge is 0.372 e. The number of guanidine groups is 1. The average Bonchev–Trinajstić information content (AvgIpc) is 2.78. The summed E-state index contributed by atoms with van der Waals surface area (Å²) >= 11 is 5.97. The Morgan fingerprint density at radius 2 is 2.17 bits per heavy atom. The highest BCUT2D eigenvalue weighted by molar-refractivity contribution is 6.30. The third-order valence-electron chi connectivity index (χ3n) is 3.14. The normalized spacial score (nSPS) is 12.5. The molecule has 0 aliphatic carbocycles. The Morgan fingerprint density at radius 3 is 2.71 bits per heavy atom. The summed E-state index contributed by atoms with van der Waals surface area (Å²) in [5.74, 6) is 0.686. The second-order valence-corrected chi connectivity index (χ2v) is 5.81. The molecule has 0 bridgehead atoms. The molecule has 1 rings (SSSR count). The first-order valence-corrected chi connectivity index (χ1v) is 8.05. The molecule has 1 aromatic rings. The maximum absolute atomic E-state index is 12.0. The SMILES string of the molecule is CCNC(=NCCCOCC(F)(F)F)N(C)Cc1cc(Cl)cn1C. The van der Waals surface area contributed by atoms with Crippen molar-refractivity contribution < 1.29 is 17.9 Å². The van der Waals surface area contributed by atoms with Crippen molar-refractivity contribution in [3.05, 3.63) is 23.0 Å². The van der Waals surface area contributed by atoms with E-state index in [0.29, 0.717) is 37.0 Å². The van der Waals surface area contributed by atoms with E-state index in [1.165, 1.54) is 0 Å². The van der Waals surface area contributed by atoms with Gasteiger partial charge in [-0.2, -0.15) is 13.2 Å². The first-order chi connectivity index (χ1) is 11.2. The van der Waals surface area contributed by atoms with Gasteiger partial charge < -0.3 is 19.5 Å². The van der Waals surface area contributed by atoms with E-state index in [-0.39, 0.29) is 6.61 Å². The molecule has 5 nitrogen and oxygen atoms in total. The molecule has 0 unspecified atom stereocenters. The highest BCUT2D eigenvalue weighted by atomic mass is 35.5. The fourth-order valence-corrected chi connectivity index (χ4v) is 2.32. The first-order valence-electron chi connectivity index (χ1n) is 7.67. The van der Waals surface area contributed by atoms with Crippen LogP contribution in [0.3, 0.4) is 0 Å². The van der Waals surface area contributed by atoms with Gasteiger partial charge in [-0.15, -0.1) is 0 Å². The Hall–Kier alpha value is -1.41. The van der Waals surface area contributed by atoms with Crippen molar-refractivity contribution >= 4 is 17.6 Å². The second kappa shape index (κ2) is 9.78. The molecule has 0 saturated carbocycles. The van der Waals surface area contributed by atoms with Crippen LogP contribution in [0.25, 0.3) is 0 Å². The van der Waals surface area contributed by atoms with E-state index in [1.807, 2.05) is 42.7 Å². The van der Waals surface area contributed by atoms with Crippen molar-refractivity contribution in [2.24, 2.45) is 12.0 Å². The van der Waals surface area contributed by atoms with E-state index in [1.54, 1.807) is 0 Å². The zero-order valence-corrected chi connectivity index (χ0v) is 14.9. The van der Waals surface area contributed by atoms with Crippen LogP contribution in [0.15, 0.2) is 17.3 Å². The predicted octanol–water partition coefficient (Wildman–Crippen LogP) is 3.04. The summed E-state index contributed by atoms with van der Waals surface area (Å²) in [6.45, 7) is 2.46. The maximum Gasteiger partial charge on any atom is 0.411 e. The van der Waals surface area contributed by atoms with Gasteiger partial charge in [-0.3, -0.25) is 4.99 Å². The van der Waals surface area contributed by atoms with Gasteiger partial charge in [0.2, 0.25) is 0 Å². The number of hydrogen-bond donors (Lipinski definition) is 1. The van der Waals surface area contributed by atoms with Crippen molar-refractivity contribution in [3.8, 4) is 0 Å². The summed E-state index contributed by atoms with van der Waals surface area (Å²) in [4.78, 5) is 6.34. The molecule has 0 amide bonds. The zero-order valence-electron chi connectivity index (χ0n) is 14.2. The van der Waals surface area contributed by atoms with E-state index in [4.69, 9.17) is 11.6 Å². The maximum atomic E-state index is 12.0. The van der Waals surface area contributed by atoms with Crippen LogP contribution < -0.4 is 5.32 Å². The lowest BCUT2D eigenvalue weighted by Gasteiger charge is -2.22. The number of hydrogen-bond acceptors (Lipinski definition) is 2. The zero-order chi connectivity index (χ0) is 18.2. The molecule has 9 heteroatoms. The molecule has 0 radical (unpaired) electrons. The average molecular weight is 369 g/mol. The minimum absolute atomic E-state index is 0.0273. The Kier molecular flexibility index (Phi) is 8.41. The van der Waals surface area contributed by atoms with Gasteiger partial charge in [0, 0.05) is 45.7 Å². The third kappa shape index (κ3) is 7.92. The van der Waals surface area contributed by atoms with Crippen LogP contribution in [0, 0.1) is 0 Å². The predicted molar refractivity (Wildman–Crippen MR) is 89.4 cm³/mol. The summed E-state index contributed by atoms with van der Waals surface area (Å²) in [5, 5.41) is 3.83. The van der Waals surface area contributed by atoms with E-state index in [2.05, 4.69) is 15.0 Å². The van der Waals surface area contributed by atoms with E-state index >= 15 is 0 Å². The summed E-state index contributed by atoms with van der Waals surface area (Å²) in [6.07, 6.45) is -2.03. The second-order valence-electron chi connectivity index (χ2n) is 5.37. The number of halogens is 4. The number of nitrogens with zero attached hydrogens (tertiary/aromatic N) is 3. The number of nitrogens with one attached hydrogen (secondary N) is 1. The van der Waals surface area contributed by atoms with Gasteiger partial charge >= 0.3 is 6.18 Å². The van der Waals surface area contributed by atoms with Crippen LogP contribution in [0.4, 0.5) is 13.2 Å². The van der Waals surface area contributed by atoms with Crippen molar-refractivity contribution in [2.75, 3.05) is 33.4 Å². The van der Waals surface area contributed by atoms with Gasteiger partial charge in [-0.1, -0.05) is 11.6 Å².